The molecule has 6 nitrogen and oxygen atoms in total. The van der Waals surface area contributed by atoms with E-state index in [9.17, 15) is 8.42 Å². The van der Waals surface area contributed by atoms with Crippen molar-refractivity contribution in [3.05, 3.63) is 22.9 Å². The van der Waals surface area contributed by atoms with E-state index in [0.717, 1.165) is 49.5 Å². The van der Waals surface area contributed by atoms with Crippen molar-refractivity contribution in [2.24, 2.45) is 15.9 Å². The Bertz CT molecular complexity index is 773. The molecule has 1 aliphatic carbocycles. The highest BCUT2D eigenvalue weighted by Gasteiger charge is 2.47. The molecule has 2 saturated heterocycles. The van der Waals surface area contributed by atoms with Gasteiger partial charge in [0.05, 0.1) is 11.7 Å². The Hall–Kier alpha value is -0.890. The molecule has 2 atom stereocenters. The summed E-state index contributed by atoms with van der Waals surface area (Å²) in [5.74, 6) is 0. The standard InChI is InChI=1S/C18H27ClN4O2S/c1-17-13-20-21-15(17)11-14(19)12-16(17)22-7-3-18(4-8-22)5-9-23(10-6-18)26(2,24)25/h11-13,16,21H,3-10H2,1-2H3. The first-order chi connectivity index (χ1) is 12.2. The fourth-order valence-electron chi connectivity index (χ4n) is 4.91. The average molecular weight is 399 g/mol. The summed E-state index contributed by atoms with van der Waals surface area (Å²) in [6.45, 7) is 5.56. The largest absolute Gasteiger partial charge is 0.296 e. The number of likely N-dealkylation sites (tertiary alicyclic amines) is 1. The van der Waals surface area contributed by atoms with E-state index in [1.165, 1.54) is 6.26 Å². The number of hydrazone groups is 1. The first-order valence-electron chi connectivity index (χ1n) is 9.31. The van der Waals surface area contributed by atoms with Crippen LogP contribution in [0.3, 0.4) is 0 Å². The third-order valence-electron chi connectivity index (χ3n) is 6.82. The topological polar surface area (TPSA) is 65.0 Å². The molecule has 2 fully saturated rings. The van der Waals surface area contributed by atoms with Gasteiger partial charge in [-0.1, -0.05) is 11.6 Å². The van der Waals surface area contributed by atoms with Gasteiger partial charge in [0, 0.05) is 36.1 Å². The van der Waals surface area contributed by atoms with Gasteiger partial charge in [-0.05, 0) is 63.3 Å². The molecule has 0 radical (unpaired) electrons. The molecule has 0 saturated carbocycles. The molecule has 8 heteroatoms. The van der Waals surface area contributed by atoms with Crippen LogP contribution in [0.4, 0.5) is 0 Å². The summed E-state index contributed by atoms with van der Waals surface area (Å²) in [6.07, 6.45) is 11.6. The first kappa shape index (κ1) is 18.5. The second kappa shape index (κ2) is 6.33. The minimum atomic E-state index is -3.06. The lowest BCUT2D eigenvalue weighted by Gasteiger charge is -2.50. The molecule has 3 heterocycles. The molecule has 4 rings (SSSR count). The van der Waals surface area contributed by atoms with Crippen molar-refractivity contribution in [3.63, 3.8) is 0 Å². The SMILES string of the molecule is CC12C=NNC1=CC(Cl)=CC2N1CCC2(CC1)CCN(S(C)(=O)=O)CC2. The maximum atomic E-state index is 11.8. The molecule has 1 N–H and O–H groups in total. The summed E-state index contributed by atoms with van der Waals surface area (Å²) in [6, 6.07) is 0.210. The number of fused-ring (bicyclic) bond motifs is 1. The number of nitrogens with zero attached hydrogens (tertiary/aromatic N) is 3. The second-order valence-electron chi connectivity index (χ2n) is 8.41. The molecule has 0 aromatic rings. The minimum Gasteiger partial charge on any atom is -0.296 e. The average Bonchev–Trinajstić information content (AvgIpc) is 2.96. The van der Waals surface area contributed by atoms with Crippen molar-refractivity contribution in [2.45, 2.75) is 38.6 Å². The Morgan fingerprint density at radius 3 is 2.42 bits per heavy atom. The molecule has 0 amide bonds. The van der Waals surface area contributed by atoms with Crippen molar-refractivity contribution < 1.29 is 8.42 Å². The van der Waals surface area contributed by atoms with Crippen LogP contribution in [0.25, 0.3) is 0 Å². The van der Waals surface area contributed by atoms with Crippen LogP contribution in [0.1, 0.15) is 32.6 Å². The molecule has 2 unspecified atom stereocenters. The van der Waals surface area contributed by atoms with Crippen molar-refractivity contribution in [3.8, 4) is 0 Å². The third kappa shape index (κ3) is 3.13. The zero-order valence-electron chi connectivity index (χ0n) is 15.4. The highest BCUT2D eigenvalue weighted by atomic mass is 35.5. The monoisotopic (exact) mass is 398 g/mol. The van der Waals surface area contributed by atoms with Gasteiger partial charge in [-0.15, -0.1) is 0 Å². The molecule has 144 valence electrons. The van der Waals surface area contributed by atoms with Gasteiger partial charge in [0.15, 0.2) is 0 Å². The van der Waals surface area contributed by atoms with E-state index < -0.39 is 10.0 Å². The number of halogens is 1. The quantitative estimate of drug-likeness (QED) is 0.773. The van der Waals surface area contributed by atoms with Crippen LogP contribution >= 0.6 is 11.6 Å². The maximum Gasteiger partial charge on any atom is 0.211 e. The van der Waals surface area contributed by atoms with E-state index in [-0.39, 0.29) is 11.5 Å². The number of hydrogen-bond acceptors (Lipinski definition) is 5. The van der Waals surface area contributed by atoms with Crippen molar-refractivity contribution in [1.29, 1.82) is 0 Å². The van der Waals surface area contributed by atoms with Gasteiger partial charge in [-0.3, -0.25) is 10.3 Å². The van der Waals surface area contributed by atoms with Crippen LogP contribution in [-0.2, 0) is 10.0 Å². The van der Waals surface area contributed by atoms with E-state index in [1.807, 2.05) is 12.3 Å². The van der Waals surface area contributed by atoms with Crippen molar-refractivity contribution in [1.82, 2.24) is 14.6 Å². The third-order valence-corrected chi connectivity index (χ3v) is 8.35. The molecule has 1 spiro atoms. The lowest BCUT2D eigenvalue weighted by Crippen LogP contribution is -2.54. The van der Waals surface area contributed by atoms with Crippen molar-refractivity contribution >= 4 is 27.8 Å². The smallest absolute Gasteiger partial charge is 0.211 e. The van der Waals surface area contributed by atoms with Crippen LogP contribution in [0, 0.1) is 10.8 Å². The van der Waals surface area contributed by atoms with Gasteiger partial charge >= 0.3 is 0 Å². The highest BCUT2D eigenvalue weighted by Crippen LogP contribution is 2.45. The van der Waals surface area contributed by atoms with Crippen LogP contribution in [-0.4, -0.2) is 62.3 Å². The number of sulfonamides is 1. The number of hydrogen-bond donors (Lipinski definition) is 1. The molecule has 3 aliphatic heterocycles. The van der Waals surface area contributed by atoms with E-state index in [4.69, 9.17) is 11.6 Å². The Morgan fingerprint density at radius 1 is 1.19 bits per heavy atom. The van der Waals surface area contributed by atoms with Crippen LogP contribution in [0.2, 0.25) is 0 Å². The van der Waals surface area contributed by atoms with Gasteiger partial charge in [-0.25, -0.2) is 12.7 Å². The summed E-state index contributed by atoms with van der Waals surface area (Å²) in [5, 5.41) is 5.04. The fraction of sp³-hybridized carbons (Fsp3) is 0.722. The molecular formula is C18H27ClN4O2S. The van der Waals surface area contributed by atoms with Crippen LogP contribution < -0.4 is 5.43 Å². The van der Waals surface area contributed by atoms with Gasteiger partial charge in [-0.2, -0.15) is 5.10 Å². The summed E-state index contributed by atoms with van der Waals surface area (Å²) < 4.78 is 25.2. The predicted octanol–water partition coefficient (Wildman–Crippen LogP) is 2.11. The van der Waals surface area contributed by atoms with E-state index in [2.05, 4.69) is 28.4 Å². The number of piperidine rings is 2. The zero-order chi connectivity index (χ0) is 18.6. The molecule has 4 aliphatic rings. The summed E-state index contributed by atoms with van der Waals surface area (Å²) >= 11 is 6.36. The minimum absolute atomic E-state index is 0.150. The fourth-order valence-corrected chi connectivity index (χ4v) is 5.99. The van der Waals surface area contributed by atoms with Crippen LogP contribution in [0.5, 0.6) is 0 Å². The summed E-state index contributed by atoms with van der Waals surface area (Å²) in [5.41, 5.74) is 4.30. The Kier molecular flexibility index (Phi) is 4.50. The van der Waals surface area contributed by atoms with Crippen molar-refractivity contribution in [2.75, 3.05) is 32.4 Å². The first-order valence-corrected chi connectivity index (χ1v) is 11.5. The normalized spacial score (nSPS) is 35.0. The molecular weight excluding hydrogens is 372 g/mol. The Labute approximate surface area is 161 Å². The summed E-state index contributed by atoms with van der Waals surface area (Å²) in [7, 11) is -3.06. The lowest BCUT2D eigenvalue weighted by molar-refractivity contribution is 0.0327. The van der Waals surface area contributed by atoms with Gasteiger partial charge in [0.2, 0.25) is 10.0 Å². The Balaban J connectivity index is 1.43. The second-order valence-corrected chi connectivity index (χ2v) is 10.8. The number of nitrogens with one attached hydrogen (secondary N) is 1. The molecule has 0 bridgehead atoms. The number of allylic oxidation sites excluding steroid dienone is 2. The maximum absolute atomic E-state index is 11.8. The van der Waals surface area contributed by atoms with E-state index >= 15 is 0 Å². The van der Waals surface area contributed by atoms with Gasteiger partial charge in [0.25, 0.3) is 0 Å². The van der Waals surface area contributed by atoms with Gasteiger partial charge in [0.1, 0.15) is 0 Å². The zero-order valence-corrected chi connectivity index (χ0v) is 17.0. The molecule has 0 aromatic carbocycles. The van der Waals surface area contributed by atoms with Crippen LogP contribution in [0.15, 0.2) is 28.0 Å². The van der Waals surface area contributed by atoms with Gasteiger partial charge < -0.3 is 0 Å². The molecule has 0 aromatic heterocycles. The summed E-state index contributed by atoms with van der Waals surface area (Å²) in [4.78, 5) is 2.52. The highest BCUT2D eigenvalue weighted by molar-refractivity contribution is 7.88. The predicted molar refractivity (Wildman–Crippen MR) is 104 cm³/mol. The Morgan fingerprint density at radius 2 is 1.81 bits per heavy atom. The lowest BCUT2D eigenvalue weighted by atomic mass is 9.70. The number of rotatable bonds is 2. The molecule has 26 heavy (non-hydrogen) atoms. The van der Waals surface area contributed by atoms with E-state index in [1.54, 1.807) is 4.31 Å². The van der Waals surface area contributed by atoms with E-state index in [0.29, 0.717) is 18.5 Å².